The van der Waals surface area contributed by atoms with Gasteiger partial charge in [-0.3, -0.25) is 9.59 Å². The summed E-state index contributed by atoms with van der Waals surface area (Å²) in [5.41, 5.74) is 2.29. The van der Waals surface area contributed by atoms with Gasteiger partial charge in [0.15, 0.2) is 0 Å². The maximum atomic E-state index is 12.7. The third kappa shape index (κ3) is 5.31. The van der Waals surface area contributed by atoms with Crippen LogP contribution in [-0.4, -0.2) is 39.6 Å². The molecule has 0 saturated carbocycles. The van der Waals surface area contributed by atoms with Gasteiger partial charge in [0.1, 0.15) is 5.82 Å². The van der Waals surface area contributed by atoms with Crippen LogP contribution in [0.15, 0.2) is 54.6 Å². The summed E-state index contributed by atoms with van der Waals surface area (Å²) in [6.07, 6.45) is 3.53. The number of halogens is 2. The molecule has 0 spiro atoms. The Kier molecular flexibility index (Phi) is 7.12. The van der Waals surface area contributed by atoms with Crippen LogP contribution in [0.3, 0.4) is 0 Å². The number of nitrogens with one attached hydrogen (secondary N) is 1. The highest BCUT2D eigenvalue weighted by Crippen LogP contribution is 2.29. The molecule has 0 bridgehead atoms. The Morgan fingerprint density at radius 2 is 1.66 bits per heavy atom. The quantitative estimate of drug-likeness (QED) is 0.511. The van der Waals surface area contributed by atoms with E-state index >= 15 is 0 Å². The highest BCUT2D eigenvalue weighted by molar-refractivity contribution is 6.42. The molecule has 2 aromatic carbocycles. The molecule has 1 aliphatic heterocycles. The van der Waals surface area contributed by atoms with Crippen LogP contribution in [-0.2, 0) is 9.59 Å². The van der Waals surface area contributed by atoms with Crippen LogP contribution in [0.1, 0.15) is 32.1 Å². The van der Waals surface area contributed by atoms with Crippen LogP contribution in [0.5, 0.6) is 0 Å². The monoisotopic (exact) mass is 470 g/mol. The first kappa shape index (κ1) is 22.4. The minimum atomic E-state index is -0.240. The lowest BCUT2D eigenvalue weighted by Crippen LogP contribution is -2.36. The van der Waals surface area contributed by atoms with Gasteiger partial charge in [0.05, 0.1) is 21.4 Å². The van der Waals surface area contributed by atoms with E-state index in [4.69, 9.17) is 23.2 Å². The lowest BCUT2D eigenvalue weighted by molar-refractivity contribution is -0.133. The van der Waals surface area contributed by atoms with Gasteiger partial charge in [0.2, 0.25) is 11.8 Å². The Hall–Kier alpha value is -2.83. The number of amides is 2. The molecule has 0 radical (unpaired) electrons. The molecule has 4 rings (SSSR count). The Labute approximate surface area is 197 Å². The van der Waals surface area contributed by atoms with Crippen molar-refractivity contribution in [2.45, 2.75) is 32.1 Å². The summed E-state index contributed by atoms with van der Waals surface area (Å²) in [6.45, 7) is 1.57. The predicted molar refractivity (Wildman–Crippen MR) is 127 cm³/mol. The number of carbonyl (C=O) groups is 2. The number of benzene rings is 2. The second-order valence-corrected chi connectivity index (χ2v) is 8.60. The van der Waals surface area contributed by atoms with Crippen molar-refractivity contribution < 1.29 is 9.59 Å². The fourth-order valence-corrected chi connectivity index (χ4v) is 4.05. The second-order valence-electron chi connectivity index (χ2n) is 7.78. The third-order valence-corrected chi connectivity index (χ3v) is 6.21. The van der Waals surface area contributed by atoms with Crippen molar-refractivity contribution in [3.05, 3.63) is 64.6 Å². The molecule has 2 heterocycles. The van der Waals surface area contributed by atoms with Crippen molar-refractivity contribution in [1.29, 1.82) is 0 Å². The molecule has 2 amide bonds. The molecule has 0 aliphatic carbocycles. The lowest BCUT2D eigenvalue weighted by Gasteiger charge is -2.26. The second kappa shape index (κ2) is 10.2. The fraction of sp³-hybridized carbons (Fsp3) is 0.292. The molecule has 1 aromatic heterocycles. The number of nitrogens with zero attached hydrogens (tertiary/aromatic N) is 3. The van der Waals surface area contributed by atoms with E-state index in [1.807, 2.05) is 41.3 Å². The van der Waals surface area contributed by atoms with Gasteiger partial charge in [-0.2, -0.15) is 5.10 Å². The van der Waals surface area contributed by atoms with Crippen LogP contribution in [0.4, 0.5) is 5.82 Å². The first-order chi connectivity index (χ1) is 15.5. The van der Waals surface area contributed by atoms with Gasteiger partial charge in [-0.05, 0) is 37.5 Å². The zero-order valence-corrected chi connectivity index (χ0v) is 19.1. The number of aromatic nitrogens is 2. The van der Waals surface area contributed by atoms with Crippen molar-refractivity contribution in [3.8, 4) is 16.9 Å². The van der Waals surface area contributed by atoms with Crippen molar-refractivity contribution in [3.63, 3.8) is 0 Å². The molecule has 166 valence electrons. The summed E-state index contributed by atoms with van der Waals surface area (Å²) < 4.78 is 1.62. The summed E-state index contributed by atoms with van der Waals surface area (Å²) in [6, 6.07) is 16.7. The number of hydrogen-bond donors (Lipinski definition) is 1. The topological polar surface area (TPSA) is 67.2 Å². The lowest BCUT2D eigenvalue weighted by atomic mass is 10.1. The maximum absolute atomic E-state index is 12.7. The van der Waals surface area contributed by atoms with Gasteiger partial charge in [-0.1, -0.05) is 53.5 Å². The molecule has 1 N–H and O–H groups in total. The summed E-state index contributed by atoms with van der Waals surface area (Å²) in [5, 5.41) is 8.41. The third-order valence-electron chi connectivity index (χ3n) is 5.47. The molecule has 0 atom stereocenters. The largest absolute Gasteiger partial charge is 0.343 e. The number of likely N-dealkylation sites (tertiary alicyclic amines) is 1. The number of carbonyl (C=O) groups excluding carboxylic acids is 2. The molecule has 1 fully saturated rings. The average Bonchev–Trinajstić information content (AvgIpc) is 3.24. The zero-order chi connectivity index (χ0) is 22.5. The number of rotatable bonds is 6. The Morgan fingerprint density at radius 3 is 2.38 bits per heavy atom. The minimum Gasteiger partial charge on any atom is -0.343 e. The molecule has 1 saturated heterocycles. The van der Waals surface area contributed by atoms with E-state index in [1.165, 1.54) is 0 Å². The zero-order valence-electron chi connectivity index (χ0n) is 17.6. The summed E-state index contributed by atoms with van der Waals surface area (Å²) in [4.78, 5) is 26.9. The van der Waals surface area contributed by atoms with E-state index in [0.717, 1.165) is 37.9 Å². The maximum Gasteiger partial charge on any atom is 0.226 e. The van der Waals surface area contributed by atoms with Crippen molar-refractivity contribution >= 4 is 40.8 Å². The van der Waals surface area contributed by atoms with E-state index in [2.05, 4.69) is 10.4 Å². The van der Waals surface area contributed by atoms with Crippen LogP contribution in [0.2, 0.25) is 10.0 Å². The van der Waals surface area contributed by atoms with Crippen molar-refractivity contribution in [2.75, 3.05) is 18.4 Å². The standard InChI is InChI=1S/C24H24Cl2N4O2/c25-19-10-9-18(15-20(19)26)30-22(16-21(28-30)17-7-3-1-4-8-17)27-23(31)11-12-24(32)29-13-5-2-6-14-29/h1,3-4,7-10,15-16H,2,5-6,11-14H2,(H,27,31). The number of anilines is 1. The molecular formula is C24H24Cl2N4O2. The van der Waals surface area contributed by atoms with Gasteiger partial charge >= 0.3 is 0 Å². The minimum absolute atomic E-state index is 0.0304. The predicted octanol–water partition coefficient (Wildman–Crippen LogP) is 5.58. The Morgan fingerprint density at radius 1 is 0.906 bits per heavy atom. The normalized spacial score (nSPS) is 13.8. The molecule has 3 aromatic rings. The van der Waals surface area contributed by atoms with Crippen molar-refractivity contribution in [2.24, 2.45) is 0 Å². The average molecular weight is 471 g/mol. The summed E-state index contributed by atoms with van der Waals surface area (Å²) in [7, 11) is 0. The van der Waals surface area contributed by atoms with E-state index in [0.29, 0.717) is 27.2 Å². The first-order valence-corrected chi connectivity index (χ1v) is 11.5. The van der Waals surface area contributed by atoms with E-state index in [1.54, 1.807) is 22.9 Å². The highest BCUT2D eigenvalue weighted by Gasteiger charge is 2.19. The molecule has 0 unspecified atom stereocenters. The smallest absolute Gasteiger partial charge is 0.226 e. The molecule has 8 heteroatoms. The summed E-state index contributed by atoms with van der Waals surface area (Å²) >= 11 is 12.3. The van der Waals surface area contributed by atoms with Gasteiger partial charge in [0.25, 0.3) is 0 Å². The van der Waals surface area contributed by atoms with Crippen LogP contribution >= 0.6 is 23.2 Å². The molecule has 32 heavy (non-hydrogen) atoms. The molecule has 1 aliphatic rings. The Bertz CT molecular complexity index is 1110. The van der Waals surface area contributed by atoms with Gasteiger partial charge < -0.3 is 10.2 Å². The highest BCUT2D eigenvalue weighted by atomic mass is 35.5. The SMILES string of the molecule is O=C(CCC(=O)N1CCCCC1)Nc1cc(-c2ccccc2)nn1-c1ccc(Cl)c(Cl)c1. The first-order valence-electron chi connectivity index (χ1n) is 10.7. The van der Waals surface area contributed by atoms with E-state index < -0.39 is 0 Å². The van der Waals surface area contributed by atoms with Gasteiger partial charge in [-0.15, -0.1) is 0 Å². The number of piperidine rings is 1. The Balaban J connectivity index is 1.53. The van der Waals surface area contributed by atoms with Crippen LogP contribution in [0, 0.1) is 0 Å². The summed E-state index contributed by atoms with van der Waals surface area (Å²) in [5.74, 6) is 0.289. The van der Waals surface area contributed by atoms with Crippen LogP contribution < -0.4 is 5.32 Å². The van der Waals surface area contributed by atoms with Gasteiger partial charge in [-0.25, -0.2) is 4.68 Å². The van der Waals surface area contributed by atoms with Gasteiger partial charge in [0, 0.05) is 37.6 Å². The van der Waals surface area contributed by atoms with E-state index in [-0.39, 0.29) is 24.7 Å². The fourth-order valence-electron chi connectivity index (χ4n) is 3.76. The molecular weight excluding hydrogens is 447 g/mol. The van der Waals surface area contributed by atoms with Crippen LogP contribution in [0.25, 0.3) is 16.9 Å². The molecule has 6 nitrogen and oxygen atoms in total. The van der Waals surface area contributed by atoms with Crippen molar-refractivity contribution in [1.82, 2.24) is 14.7 Å². The van der Waals surface area contributed by atoms with E-state index in [9.17, 15) is 9.59 Å². The number of hydrogen-bond acceptors (Lipinski definition) is 3.